The summed E-state index contributed by atoms with van der Waals surface area (Å²) in [5.41, 5.74) is 0.965. The highest BCUT2D eigenvalue weighted by Gasteiger charge is 2.30. The van der Waals surface area contributed by atoms with Crippen molar-refractivity contribution in [2.24, 2.45) is 0 Å². The lowest BCUT2D eigenvalue weighted by molar-refractivity contribution is -0.149. The summed E-state index contributed by atoms with van der Waals surface area (Å²) in [6.45, 7) is 0.610. The van der Waals surface area contributed by atoms with Gasteiger partial charge in [-0.25, -0.2) is 4.79 Å². The standard InChI is InChI=1S/C12H13Br2NO3/c13-7-1-3-9(14)10(5-7)15-6-8-2-4-11(18-8)12(16)17/h1,3,5,8,11,15H,2,4,6H2,(H,16,17). The molecule has 0 aliphatic carbocycles. The summed E-state index contributed by atoms with van der Waals surface area (Å²) in [4.78, 5) is 10.8. The molecule has 18 heavy (non-hydrogen) atoms. The van der Waals surface area contributed by atoms with Crippen LogP contribution in [0.25, 0.3) is 0 Å². The van der Waals surface area contributed by atoms with Gasteiger partial charge in [0.1, 0.15) is 0 Å². The van der Waals surface area contributed by atoms with E-state index in [9.17, 15) is 4.79 Å². The Morgan fingerprint density at radius 1 is 1.44 bits per heavy atom. The first kappa shape index (κ1) is 13.8. The number of halogens is 2. The van der Waals surface area contributed by atoms with Crippen LogP contribution in [0, 0.1) is 0 Å². The van der Waals surface area contributed by atoms with Crippen molar-refractivity contribution < 1.29 is 14.6 Å². The van der Waals surface area contributed by atoms with Gasteiger partial charge in [-0.1, -0.05) is 15.9 Å². The number of carboxylic acid groups (broad SMARTS) is 1. The first-order valence-electron chi connectivity index (χ1n) is 5.63. The normalized spacial score (nSPS) is 23.0. The quantitative estimate of drug-likeness (QED) is 0.844. The van der Waals surface area contributed by atoms with Crippen LogP contribution in [0.2, 0.25) is 0 Å². The number of rotatable bonds is 4. The Balaban J connectivity index is 1.89. The second kappa shape index (κ2) is 6.04. The molecule has 1 aliphatic rings. The van der Waals surface area contributed by atoms with Gasteiger partial charge in [0, 0.05) is 21.2 Å². The van der Waals surface area contributed by atoms with E-state index in [1.165, 1.54) is 0 Å². The maximum atomic E-state index is 10.8. The Morgan fingerprint density at radius 3 is 2.89 bits per heavy atom. The highest BCUT2D eigenvalue weighted by Crippen LogP contribution is 2.27. The summed E-state index contributed by atoms with van der Waals surface area (Å²) in [6.07, 6.45) is 0.663. The Labute approximate surface area is 122 Å². The zero-order valence-electron chi connectivity index (χ0n) is 9.53. The number of aliphatic carboxylic acids is 1. The molecule has 1 saturated heterocycles. The van der Waals surface area contributed by atoms with Crippen molar-refractivity contribution in [1.82, 2.24) is 0 Å². The Kier molecular flexibility index (Phi) is 4.64. The highest BCUT2D eigenvalue weighted by molar-refractivity contribution is 9.11. The first-order valence-corrected chi connectivity index (χ1v) is 7.22. The third-order valence-electron chi connectivity index (χ3n) is 2.83. The maximum absolute atomic E-state index is 10.8. The van der Waals surface area contributed by atoms with Gasteiger partial charge in [-0.3, -0.25) is 0 Å². The number of hydrogen-bond acceptors (Lipinski definition) is 3. The molecule has 98 valence electrons. The van der Waals surface area contributed by atoms with E-state index in [0.29, 0.717) is 13.0 Å². The second-order valence-corrected chi connectivity index (χ2v) is 5.94. The summed E-state index contributed by atoms with van der Waals surface area (Å²) < 4.78 is 7.39. The van der Waals surface area contributed by atoms with Crippen LogP contribution in [-0.2, 0) is 9.53 Å². The SMILES string of the molecule is O=C(O)C1CCC(CNc2cc(Br)ccc2Br)O1. The number of carboxylic acids is 1. The molecule has 0 spiro atoms. The van der Waals surface area contributed by atoms with Crippen molar-refractivity contribution in [2.45, 2.75) is 25.0 Å². The molecule has 1 fully saturated rings. The average Bonchev–Trinajstić information content (AvgIpc) is 2.79. The summed E-state index contributed by atoms with van der Waals surface area (Å²) >= 11 is 6.87. The van der Waals surface area contributed by atoms with Crippen LogP contribution in [-0.4, -0.2) is 29.8 Å². The van der Waals surface area contributed by atoms with Crippen LogP contribution in [0.4, 0.5) is 5.69 Å². The molecule has 0 aromatic heterocycles. The summed E-state index contributed by atoms with van der Waals surface area (Å²) in [7, 11) is 0. The number of anilines is 1. The largest absolute Gasteiger partial charge is 0.479 e. The van der Waals surface area contributed by atoms with E-state index < -0.39 is 12.1 Å². The summed E-state index contributed by atoms with van der Waals surface area (Å²) in [5, 5.41) is 12.1. The molecule has 1 heterocycles. The minimum Gasteiger partial charge on any atom is -0.479 e. The molecule has 4 nitrogen and oxygen atoms in total. The van der Waals surface area contributed by atoms with E-state index in [2.05, 4.69) is 37.2 Å². The number of ether oxygens (including phenoxy) is 1. The molecule has 1 aromatic rings. The third-order valence-corrected chi connectivity index (χ3v) is 4.02. The van der Waals surface area contributed by atoms with Crippen LogP contribution in [0.1, 0.15) is 12.8 Å². The van der Waals surface area contributed by atoms with Gasteiger partial charge >= 0.3 is 5.97 Å². The molecule has 0 bridgehead atoms. The molecular weight excluding hydrogens is 366 g/mol. The van der Waals surface area contributed by atoms with Gasteiger partial charge in [0.15, 0.2) is 6.10 Å². The zero-order chi connectivity index (χ0) is 13.1. The molecule has 2 atom stereocenters. The van der Waals surface area contributed by atoms with Gasteiger partial charge < -0.3 is 15.2 Å². The molecule has 2 N–H and O–H groups in total. The van der Waals surface area contributed by atoms with E-state index in [-0.39, 0.29) is 6.10 Å². The van der Waals surface area contributed by atoms with Crippen molar-refractivity contribution in [3.8, 4) is 0 Å². The predicted molar refractivity (Wildman–Crippen MR) is 75.9 cm³/mol. The highest BCUT2D eigenvalue weighted by atomic mass is 79.9. The topological polar surface area (TPSA) is 58.6 Å². The minimum absolute atomic E-state index is 0.0445. The number of nitrogens with one attached hydrogen (secondary N) is 1. The van der Waals surface area contributed by atoms with E-state index in [4.69, 9.17) is 9.84 Å². The van der Waals surface area contributed by atoms with Crippen molar-refractivity contribution in [1.29, 1.82) is 0 Å². The van der Waals surface area contributed by atoms with E-state index in [1.54, 1.807) is 0 Å². The lowest BCUT2D eigenvalue weighted by atomic mass is 10.2. The predicted octanol–water partition coefficient (Wildman–Crippen LogP) is 3.26. The van der Waals surface area contributed by atoms with Crippen LogP contribution >= 0.6 is 31.9 Å². The van der Waals surface area contributed by atoms with Crippen molar-refractivity contribution >= 4 is 43.5 Å². The third kappa shape index (κ3) is 3.46. The van der Waals surface area contributed by atoms with Gasteiger partial charge in [-0.2, -0.15) is 0 Å². The van der Waals surface area contributed by atoms with Gasteiger partial charge in [0.25, 0.3) is 0 Å². The van der Waals surface area contributed by atoms with Gasteiger partial charge in [-0.05, 0) is 47.0 Å². The molecule has 0 saturated carbocycles. The Bertz CT molecular complexity index is 453. The molecule has 0 amide bonds. The molecule has 0 radical (unpaired) electrons. The molecule has 2 unspecified atom stereocenters. The van der Waals surface area contributed by atoms with E-state index in [1.807, 2.05) is 18.2 Å². The van der Waals surface area contributed by atoms with Gasteiger partial charge in [0.2, 0.25) is 0 Å². The van der Waals surface area contributed by atoms with Crippen LogP contribution in [0.3, 0.4) is 0 Å². The van der Waals surface area contributed by atoms with Crippen LogP contribution in [0.15, 0.2) is 27.1 Å². The van der Waals surface area contributed by atoms with Gasteiger partial charge in [0.05, 0.1) is 6.10 Å². The lowest BCUT2D eigenvalue weighted by Crippen LogP contribution is -2.24. The number of benzene rings is 1. The van der Waals surface area contributed by atoms with Gasteiger partial charge in [-0.15, -0.1) is 0 Å². The molecule has 2 rings (SSSR count). The lowest BCUT2D eigenvalue weighted by Gasteiger charge is -2.14. The fourth-order valence-electron chi connectivity index (χ4n) is 1.89. The van der Waals surface area contributed by atoms with E-state index in [0.717, 1.165) is 21.1 Å². The Morgan fingerprint density at radius 2 is 2.22 bits per heavy atom. The molecule has 1 aromatic carbocycles. The first-order chi connectivity index (χ1) is 8.56. The summed E-state index contributed by atoms with van der Waals surface area (Å²) in [5.74, 6) is -0.874. The van der Waals surface area contributed by atoms with Crippen molar-refractivity contribution in [3.63, 3.8) is 0 Å². The zero-order valence-corrected chi connectivity index (χ0v) is 12.7. The van der Waals surface area contributed by atoms with Crippen molar-refractivity contribution in [3.05, 3.63) is 27.1 Å². The molecule has 1 aliphatic heterocycles. The Hall–Kier alpha value is -0.590. The maximum Gasteiger partial charge on any atom is 0.332 e. The van der Waals surface area contributed by atoms with Crippen molar-refractivity contribution in [2.75, 3.05) is 11.9 Å². The fourth-order valence-corrected chi connectivity index (χ4v) is 2.64. The number of carbonyl (C=O) groups is 1. The smallest absolute Gasteiger partial charge is 0.332 e. The number of hydrogen-bond donors (Lipinski definition) is 2. The minimum atomic E-state index is -0.874. The molecular formula is C12H13Br2NO3. The van der Waals surface area contributed by atoms with E-state index >= 15 is 0 Å². The average molecular weight is 379 g/mol. The summed E-state index contributed by atoms with van der Waals surface area (Å²) in [6, 6.07) is 5.86. The second-order valence-electron chi connectivity index (χ2n) is 4.17. The molecule has 6 heteroatoms. The monoisotopic (exact) mass is 377 g/mol. The van der Waals surface area contributed by atoms with Crippen LogP contribution in [0.5, 0.6) is 0 Å². The van der Waals surface area contributed by atoms with Crippen LogP contribution < -0.4 is 5.32 Å². The fraction of sp³-hybridized carbons (Fsp3) is 0.417.